The zero-order valence-corrected chi connectivity index (χ0v) is 8.78. The van der Waals surface area contributed by atoms with Crippen molar-refractivity contribution < 1.29 is 0 Å². The van der Waals surface area contributed by atoms with Crippen LogP contribution in [0.25, 0.3) is 10.1 Å². The summed E-state index contributed by atoms with van der Waals surface area (Å²) in [6.45, 7) is 2.01. The fourth-order valence-corrected chi connectivity index (χ4v) is 2.67. The maximum atomic E-state index is 11.2. The molecule has 13 heavy (non-hydrogen) atoms. The van der Waals surface area contributed by atoms with Crippen molar-refractivity contribution in [3.05, 3.63) is 39.4 Å². The van der Waals surface area contributed by atoms with Crippen LogP contribution < -0.4 is 4.74 Å². The van der Waals surface area contributed by atoms with Crippen molar-refractivity contribution in [2.24, 2.45) is 0 Å². The van der Waals surface area contributed by atoms with Gasteiger partial charge >= 0.3 is 0 Å². The summed E-state index contributed by atoms with van der Waals surface area (Å²) in [5, 5.41) is 1.06. The van der Waals surface area contributed by atoms with E-state index in [2.05, 4.69) is 12.6 Å². The SMILES string of the molecule is Cc1cccc2c(S)cc(=O)sc12. The lowest BCUT2D eigenvalue weighted by Crippen LogP contribution is -1.92. The summed E-state index contributed by atoms with van der Waals surface area (Å²) in [7, 11) is 0. The molecule has 0 N–H and O–H groups in total. The zero-order valence-electron chi connectivity index (χ0n) is 7.07. The van der Waals surface area contributed by atoms with E-state index in [1.54, 1.807) is 6.07 Å². The summed E-state index contributed by atoms with van der Waals surface area (Å²) in [6, 6.07) is 7.54. The van der Waals surface area contributed by atoms with E-state index in [9.17, 15) is 4.79 Å². The van der Waals surface area contributed by atoms with Gasteiger partial charge in [-0.3, -0.25) is 4.79 Å². The highest BCUT2D eigenvalue weighted by molar-refractivity contribution is 7.80. The van der Waals surface area contributed by atoms with E-state index in [0.29, 0.717) is 0 Å². The molecule has 1 aromatic heterocycles. The number of thiol groups is 1. The van der Waals surface area contributed by atoms with Crippen LogP contribution in [0, 0.1) is 6.92 Å². The van der Waals surface area contributed by atoms with Gasteiger partial charge in [-0.05, 0) is 12.5 Å². The molecule has 0 atom stereocenters. The van der Waals surface area contributed by atoms with Gasteiger partial charge in [0.25, 0.3) is 0 Å². The van der Waals surface area contributed by atoms with Crippen LogP contribution in [-0.2, 0) is 0 Å². The number of aryl methyl sites for hydroxylation is 1. The number of hydrogen-bond donors (Lipinski definition) is 1. The molecule has 1 nitrogen and oxygen atoms in total. The molecule has 66 valence electrons. The van der Waals surface area contributed by atoms with Gasteiger partial charge in [0.05, 0.1) is 0 Å². The van der Waals surface area contributed by atoms with Gasteiger partial charge < -0.3 is 0 Å². The van der Waals surface area contributed by atoms with Gasteiger partial charge in [0.15, 0.2) is 0 Å². The van der Waals surface area contributed by atoms with E-state index in [0.717, 1.165) is 20.5 Å². The lowest BCUT2D eigenvalue weighted by molar-refractivity contribution is 1.51. The Kier molecular flexibility index (Phi) is 2.14. The molecular formula is C10H8OS2. The Labute approximate surface area is 85.4 Å². The summed E-state index contributed by atoms with van der Waals surface area (Å²) < 4.78 is 1.10. The maximum Gasteiger partial charge on any atom is 0.234 e. The molecule has 0 saturated carbocycles. The smallest absolute Gasteiger partial charge is 0.234 e. The van der Waals surface area contributed by atoms with Gasteiger partial charge in [-0.1, -0.05) is 29.5 Å². The molecule has 0 aliphatic carbocycles. The van der Waals surface area contributed by atoms with Gasteiger partial charge in [-0.2, -0.15) is 0 Å². The van der Waals surface area contributed by atoms with Gasteiger partial charge in [-0.15, -0.1) is 12.6 Å². The van der Waals surface area contributed by atoms with Crippen LogP contribution in [-0.4, -0.2) is 0 Å². The Hall–Kier alpha value is -0.800. The van der Waals surface area contributed by atoms with Crippen molar-refractivity contribution in [3.63, 3.8) is 0 Å². The van der Waals surface area contributed by atoms with Crippen LogP contribution >= 0.6 is 24.0 Å². The predicted molar refractivity (Wildman–Crippen MR) is 60.1 cm³/mol. The molecule has 0 aliphatic rings. The average molecular weight is 208 g/mol. The molecule has 1 aromatic carbocycles. The Morgan fingerprint density at radius 1 is 1.38 bits per heavy atom. The molecule has 2 aromatic rings. The van der Waals surface area contributed by atoms with Crippen molar-refractivity contribution in [1.82, 2.24) is 0 Å². The van der Waals surface area contributed by atoms with Crippen molar-refractivity contribution in [3.8, 4) is 0 Å². The Morgan fingerprint density at radius 2 is 2.15 bits per heavy atom. The van der Waals surface area contributed by atoms with E-state index in [1.165, 1.54) is 11.3 Å². The Bertz CT molecular complexity index is 514. The molecule has 0 radical (unpaired) electrons. The molecule has 3 heteroatoms. The van der Waals surface area contributed by atoms with E-state index in [4.69, 9.17) is 0 Å². The summed E-state index contributed by atoms with van der Waals surface area (Å²) in [6.07, 6.45) is 0. The third-order valence-corrected chi connectivity index (χ3v) is 3.38. The molecular weight excluding hydrogens is 200 g/mol. The second-order valence-electron chi connectivity index (χ2n) is 2.90. The summed E-state index contributed by atoms with van der Waals surface area (Å²) >= 11 is 5.55. The van der Waals surface area contributed by atoms with E-state index < -0.39 is 0 Å². The minimum absolute atomic E-state index is 0.0619. The second-order valence-corrected chi connectivity index (χ2v) is 4.40. The lowest BCUT2D eigenvalue weighted by Gasteiger charge is -2.01. The second kappa shape index (κ2) is 3.16. The highest BCUT2D eigenvalue weighted by Gasteiger charge is 2.01. The van der Waals surface area contributed by atoms with E-state index >= 15 is 0 Å². The van der Waals surface area contributed by atoms with Crippen LogP contribution in [0.1, 0.15) is 5.56 Å². The van der Waals surface area contributed by atoms with Crippen LogP contribution in [0.2, 0.25) is 0 Å². The first-order valence-electron chi connectivity index (χ1n) is 3.91. The quantitative estimate of drug-likeness (QED) is 0.659. The van der Waals surface area contributed by atoms with Gasteiger partial charge in [0.2, 0.25) is 4.74 Å². The van der Waals surface area contributed by atoms with Crippen molar-refractivity contribution in [1.29, 1.82) is 0 Å². The molecule has 0 amide bonds. The number of rotatable bonds is 0. The molecule has 0 aliphatic heterocycles. The minimum atomic E-state index is 0.0619. The predicted octanol–water partition coefficient (Wildman–Crippen LogP) is 2.86. The molecule has 0 saturated heterocycles. The molecule has 2 rings (SSSR count). The first kappa shape index (κ1) is 8.78. The summed E-state index contributed by atoms with van der Waals surface area (Å²) in [4.78, 5) is 12.0. The topological polar surface area (TPSA) is 17.1 Å². The van der Waals surface area contributed by atoms with Crippen molar-refractivity contribution in [2.75, 3.05) is 0 Å². The Balaban J connectivity index is 3.03. The van der Waals surface area contributed by atoms with E-state index in [1.807, 2.05) is 25.1 Å². The van der Waals surface area contributed by atoms with Gasteiger partial charge in [0.1, 0.15) is 0 Å². The molecule has 1 heterocycles. The van der Waals surface area contributed by atoms with Crippen LogP contribution in [0.4, 0.5) is 0 Å². The van der Waals surface area contributed by atoms with Crippen LogP contribution in [0.15, 0.2) is 34.0 Å². The fraction of sp³-hybridized carbons (Fsp3) is 0.100. The summed E-state index contributed by atoms with van der Waals surface area (Å²) in [5.74, 6) is 0. The first-order valence-corrected chi connectivity index (χ1v) is 5.17. The first-order chi connectivity index (χ1) is 6.18. The van der Waals surface area contributed by atoms with Crippen molar-refractivity contribution in [2.45, 2.75) is 11.8 Å². The zero-order chi connectivity index (χ0) is 9.42. The lowest BCUT2D eigenvalue weighted by atomic mass is 10.2. The third-order valence-electron chi connectivity index (χ3n) is 1.95. The van der Waals surface area contributed by atoms with E-state index in [-0.39, 0.29) is 4.74 Å². The van der Waals surface area contributed by atoms with Gasteiger partial charge in [-0.25, -0.2) is 0 Å². The third kappa shape index (κ3) is 1.49. The number of fused-ring (bicyclic) bond motifs is 1. The van der Waals surface area contributed by atoms with Crippen LogP contribution in [0.3, 0.4) is 0 Å². The summed E-state index contributed by atoms with van der Waals surface area (Å²) in [5.41, 5.74) is 1.13. The van der Waals surface area contributed by atoms with Crippen LogP contribution in [0.5, 0.6) is 0 Å². The van der Waals surface area contributed by atoms with Crippen molar-refractivity contribution >= 4 is 34.1 Å². The standard InChI is InChI=1S/C10H8OS2/c1-6-3-2-4-7-8(12)5-9(11)13-10(6)7/h2-5,12H,1H3. The molecule has 0 spiro atoms. The minimum Gasteiger partial charge on any atom is -0.278 e. The molecule has 0 bridgehead atoms. The Morgan fingerprint density at radius 3 is 2.92 bits per heavy atom. The monoisotopic (exact) mass is 208 g/mol. The maximum absolute atomic E-state index is 11.2. The average Bonchev–Trinajstić information content (AvgIpc) is 2.07. The normalized spacial score (nSPS) is 10.6. The molecule has 0 fully saturated rings. The van der Waals surface area contributed by atoms with Gasteiger partial charge in [0, 0.05) is 21.0 Å². The number of benzene rings is 1. The molecule has 0 unspecified atom stereocenters. The largest absolute Gasteiger partial charge is 0.278 e. The fourth-order valence-electron chi connectivity index (χ4n) is 1.31. The highest BCUT2D eigenvalue weighted by Crippen LogP contribution is 2.25. The number of hydrogen-bond acceptors (Lipinski definition) is 3. The highest BCUT2D eigenvalue weighted by atomic mass is 32.1.